The molecule has 3 aromatic rings. The second kappa shape index (κ2) is 10.1. The zero-order valence-corrected chi connectivity index (χ0v) is 18.4. The van der Waals surface area contributed by atoms with Crippen LogP contribution >= 0.6 is 15.9 Å². The number of methoxy groups -OCH3 is 1. The van der Waals surface area contributed by atoms with Crippen molar-refractivity contribution in [1.82, 2.24) is 15.6 Å². The Balaban J connectivity index is 1.76. The number of urea groups is 1. The third-order valence-corrected chi connectivity index (χ3v) is 5.37. The van der Waals surface area contributed by atoms with Crippen molar-refractivity contribution < 1.29 is 19.1 Å². The van der Waals surface area contributed by atoms with Gasteiger partial charge in [0.1, 0.15) is 6.04 Å². The van der Waals surface area contributed by atoms with E-state index in [1.54, 1.807) is 18.2 Å². The highest BCUT2D eigenvalue weighted by atomic mass is 79.9. The van der Waals surface area contributed by atoms with Gasteiger partial charge in [-0.3, -0.25) is 4.79 Å². The molecule has 0 unspecified atom stereocenters. The summed E-state index contributed by atoms with van der Waals surface area (Å²) in [6.45, 7) is 0. The summed E-state index contributed by atoms with van der Waals surface area (Å²) in [6, 6.07) is 12.6. The standard InChI is InChI=1S/C22H23BrN4O4/c1-31-21(29)19(10-14-12-25-17-8-3-2-7-16(14)17)26-20(28)11-18(27-22(24)30)13-5-4-6-15(23)9-13/h2-9,12,18-19,25H,10-11H2,1H3,(H,26,28)(H3,24,27,30)/t18-,19-/m1/s1. The van der Waals surface area contributed by atoms with Crippen LogP contribution in [-0.4, -0.2) is 36.0 Å². The van der Waals surface area contributed by atoms with E-state index in [-0.39, 0.29) is 12.8 Å². The number of carbonyl (C=O) groups is 3. The van der Waals surface area contributed by atoms with E-state index in [9.17, 15) is 14.4 Å². The highest BCUT2D eigenvalue weighted by Gasteiger charge is 2.25. The second-order valence-corrected chi connectivity index (χ2v) is 7.94. The van der Waals surface area contributed by atoms with E-state index in [2.05, 4.69) is 31.5 Å². The van der Waals surface area contributed by atoms with Crippen molar-refractivity contribution in [3.05, 3.63) is 70.3 Å². The molecule has 5 N–H and O–H groups in total. The summed E-state index contributed by atoms with van der Waals surface area (Å²) in [5.41, 5.74) is 7.81. The first-order chi connectivity index (χ1) is 14.9. The zero-order chi connectivity index (χ0) is 22.4. The number of aromatic nitrogens is 1. The third-order valence-electron chi connectivity index (χ3n) is 4.88. The predicted molar refractivity (Wildman–Crippen MR) is 120 cm³/mol. The number of benzene rings is 2. The molecule has 0 fully saturated rings. The van der Waals surface area contributed by atoms with Crippen molar-refractivity contribution in [1.29, 1.82) is 0 Å². The SMILES string of the molecule is COC(=O)[C@@H](Cc1c[nH]c2ccccc12)NC(=O)C[C@@H](NC(N)=O)c1cccc(Br)c1. The highest BCUT2D eigenvalue weighted by Crippen LogP contribution is 2.22. The highest BCUT2D eigenvalue weighted by molar-refractivity contribution is 9.10. The van der Waals surface area contributed by atoms with E-state index in [0.717, 1.165) is 20.9 Å². The largest absolute Gasteiger partial charge is 0.467 e. The molecule has 1 aromatic heterocycles. The van der Waals surface area contributed by atoms with Gasteiger partial charge in [0.25, 0.3) is 0 Å². The predicted octanol–water partition coefficient (Wildman–Crippen LogP) is 2.93. The number of para-hydroxylation sites is 1. The molecule has 0 aliphatic carbocycles. The Morgan fingerprint density at radius 3 is 2.61 bits per heavy atom. The van der Waals surface area contributed by atoms with Crippen LogP contribution in [0.5, 0.6) is 0 Å². The Morgan fingerprint density at radius 1 is 1.13 bits per heavy atom. The Morgan fingerprint density at radius 2 is 1.90 bits per heavy atom. The van der Waals surface area contributed by atoms with Crippen LogP contribution in [0.15, 0.2) is 59.2 Å². The Bertz CT molecular complexity index is 1100. The molecule has 0 saturated heterocycles. The molecule has 0 saturated carbocycles. The molecule has 1 heterocycles. The summed E-state index contributed by atoms with van der Waals surface area (Å²) >= 11 is 3.38. The van der Waals surface area contributed by atoms with Gasteiger partial charge >= 0.3 is 12.0 Å². The first-order valence-corrected chi connectivity index (χ1v) is 10.4. The van der Waals surface area contributed by atoms with Crippen LogP contribution in [0.25, 0.3) is 10.9 Å². The minimum absolute atomic E-state index is 0.0965. The number of esters is 1. The van der Waals surface area contributed by atoms with Gasteiger partial charge in [-0.05, 0) is 29.3 Å². The summed E-state index contributed by atoms with van der Waals surface area (Å²) in [4.78, 5) is 39.7. The van der Waals surface area contributed by atoms with Crippen molar-refractivity contribution in [2.24, 2.45) is 5.73 Å². The summed E-state index contributed by atoms with van der Waals surface area (Å²) in [5, 5.41) is 6.27. The number of halogens is 1. The number of rotatable bonds is 8. The molecule has 2 aromatic carbocycles. The van der Waals surface area contributed by atoms with Crippen molar-refractivity contribution in [2.45, 2.75) is 24.9 Å². The smallest absolute Gasteiger partial charge is 0.328 e. The van der Waals surface area contributed by atoms with Crippen molar-refractivity contribution in [2.75, 3.05) is 7.11 Å². The Labute approximate surface area is 187 Å². The molecular formula is C22H23BrN4O4. The average molecular weight is 487 g/mol. The number of fused-ring (bicyclic) bond motifs is 1. The number of primary amides is 1. The van der Waals surface area contributed by atoms with Gasteiger partial charge in [-0.25, -0.2) is 9.59 Å². The van der Waals surface area contributed by atoms with E-state index >= 15 is 0 Å². The molecule has 3 amide bonds. The monoisotopic (exact) mass is 486 g/mol. The van der Waals surface area contributed by atoms with E-state index < -0.39 is 30.0 Å². The van der Waals surface area contributed by atoms with Gasteiger partial charge in [-0.2, -0.15) is 0 Å². The van der Waals surface area contributed by atoms with Crippen LogP contribution in [0, 0.1) is 0 Å². The number of nitrogens with two attached hydrogens (primary N) is 1. The molecule has 31 heavy (non-hydrogen) atoms. The molecule has 8 nitrogen and oxygen atoms in total. The summed E-state index contributed by atoms with van der Waals surface area (Å²) in [6.07, 6.45) is 1.97. The first kappa shape index (κ1) is 22.4. The zero-order valence-electron chi connectivity index (χ0n) is 16.9. The lowest BCUT2D eigenvalue weighted by atomic mass is 10.0. The molecular weight excluding hydrogens is 464 g/mol. The van der Waals surface area contributed by atoms with E-state index in [4.69, 9.17) is 10.5 Å². The molecule has 162 valence electrons. The van der Waals surface area contributed by atoms with Crippen molar-refractivity contribution in [3.8, 4) is 0 Å². The lowest BCUT2D eigenvalue weighted by molar-refractivity contribution is -0.145. The number of carbonyl (C=O) groups excluding carboxylic acids is 3. The van der Waals surface area contributed by atoms with Gasteiger partial charge in [-0.15, -0.1) is 0 Å². The van der Waals surface area contributed by atoms with Crippen LogP contribution in [0.4, 0.5) is 4.79 Å². The maximum atomic E-state index is 12.8. The van der Waals surface area contributed by atoms with Crippen LogP contribution < -0.4 is 16.4 Å². The molecule has 0 radical (unpaired) electrons. The summed E-state index contributed by atoms with van der Waals surface area (Å²) in [7, 11) is 1.27. The van der Waals surface area contributed by atoms with Crippen molar-refractivity contribution >= 4 is 44.7 Å². The van der Waals surface area contributed by atoms with Gasteiger partial charge in [0.05, 0.1) is 19.6 Å². The number of H-pyrrole nitrogens is 1. The number of aromatic amines is 1. The lowest BCUT2D eigenvalue weighted by Gasteiger charge is -2.21. The third kappa shape index (κ3) is 5.85. The first-order valence-electron chi connectivity index (χ1n) is 9.61. The molecule has 0 aliphatic rings. The minimum Gasteiger partial charge on any atom is -0.467 e. The second-order valence-electron chi connectivity index (χ2n) is 7.03. The fourth-order valence-corrected chi connectivity index (χ4v) is 3.86. The van der Waals surface area contributed by atoms with Gasteiger partial charge in [0, 0.05) is 28.0 Å². The van der Waals surface area contributed by atoms with Crippen LogP contribution in [0.1, 0.15) is 23.6 Å². The molecule has 0 bridgehead atoms. The molecule has 0 spiro atoms. The molecule has 2 atom stereocenters. The van der Waals surface area contributed by atoms with E-state index in [0.29, 0.717) is 5.56 Å². The summed E-state index contributed by atoms with van der Waals surface area (Å²) < 4.78 is 5.68. The molecule has 3 rings (SSSR count). The van der Waals surface area contributed by atoms with Crippen LogP contribution in [0.2, 0.25) is 0 Å². The number of hydrogen-bond acceptors (Lipinski definition) is 4. The van der Waals surface area contributed by atoms with Gasteiger partial charge in [0.15, 0.2) is 0 Å². The van der Waals surface area contributed by atoms with E-state index in [1.807, 2.05) is 36.5 Å². The molecule has 9 heteroatoms. The van der Waals surface area contributed by atoms with Crippen molar-refractivity contribution in [3.63, 3.8) is 0 Å². The van der Waals surface area contributed by atoms with Gasteiger partial charge in [-0.1, -0.05) is 46.3 Å². The Kier molecular flexibility index (Phi) is 7.30. The maximum absolute atomic E-state index is 12.8. The molecule has 0 aliphatic heterocycles. The number of nitrogens with one attached hydrogen (secondary N) is 3. The fraction of sp³-hybridized carbons (Fsp3) is 0.227. The van der Waals surface area contributed by atoms with Crippen LogP contribution in [0.3, 0.4) is 0 Å². The number of amides is 3. The van der Waals surface area contributed by atoms with Gasteiger partial charge in [0.2, 0.25) is 5.91 Å². The fourth-order valence-electron chi connectivity index (χ4n) is 3.44. The topological polar surface area (TPSA) is 126 Å². The average Bonchev–Trinajstić information content (AvgIpc) is 3.15. The minimum atomic E-state index is -0.881. The number of hydrogen-bond donors (Lipinski definition) is 4. The maximum Gasteiger partial charge on any atom is 0.328 e. The van der Waals surface area contributed by atoms with Crippen LogP contribution in [-0.2, 0) is 20.7 Å². The van der Waals surface area contributed by atoms with E-state index in [1.165, 1.54) is 7.11 Å². The quantitative estimate of drug-likeness (QED) is 0.365. The Hall–Kier alpha value is -3.33. The normalized spacial score (nSPS) is 12.7. The number of ether oxygens (including phenoxy) is 1. The van der Waals surface area contributed by atoms with Gasteiger partial charge < -0.3 is 26.1 Å². The lowest BCUT2D eigenvalue weighted by Crippen LogP contribution is -2.44. The summed E-state index contributed by atoms with van der Waals surface area (Å²) in [5.74, 6) is -0.977.